The molecular weight excluding hydrogens is 456 g/mol. The fraction of sp³-hybridized carbons (Fsp3) is 0.222. The number of nitrogens with one attached hydrogen (secondary N) is 1. The van der Waals surface area contributed by atoms with Crippen molar-refractivity contribution in [2.75, 3.05) is 11.9 Å². The van der Waals surface area contributed by atoms with E-state index in [1.165, 1.54) is 6.07 Å². The molecular formula is C18H14BrF2N3O5. The van der Waals surface area contributed by atoms with E-state index in [0.29, 0.717) is 5.71 Å². The Morgan fingerprint density at radius 2 is 2.17 bits per heavy atom. The molecule has 0 bridgehead atoms. The molecule has 1 aliphatic rings. The van der Waals surface area contributed by atoms with E-state index in [0.717, 1.165) is 22.2 Å². The van der Waals surface area contributed by atoms with Crippen LogP contribution in [0.3, 0.4) is 0 Å². The molecule has 1 amide bonds. The van der Waals surface area contributed by atoms with Gasteiger partial charge in [0.15, 0.2) is 0 Å². The lowest BCUT2D eigenvalue weighted by Crippen LogP contribution is -2.28. The average molecular weight is 470 g/mol. The van der Waals surface area contributed by atoms with Gasteiger partial charge in [-0.3, -0.25) is 14.9 Å². The Morgan fingerprint density at radius 1 is 1.38 bits per heavy atom. The molecule has 29 heavy (non-hydrogen) atoms. The van der Waals surface area contributed by atoms with Crippen LogP contribution in [0.15, 0.2) is 52.1 Å². The molecule has 1 heterocycles. The molecule has 1 aliphatic heterocycles. The van der Waals surface area contributed by atoms with Gasteiger partial charge in [0.2, 0.25) is 6.10 Å². The molecule has 3 rings (SSSR count). The molecule has 0 saturated carbocycles. The van der Waals surface area contributed by atoms with Crippen LogP contribution in [0.4, 0.5) is 20.2 Å². The van der Waals surface area contributed by atoms with E-state index >= 15 is 0 Å². The SMILES string of the molecule is O=C(Nc1cc(OCC(F)F)cc([N+](=O)[O-])c1)C1CC(c2cccc(Br)c2)=NO1. The smallest absolute Gasteiger partial charge is 0.275 e. The summed E-state index contributed by atoms with van der Waals surface area (Å²) >= 11 is 3.36. The number of oxime groups is 1. The van der Waals surface area contributed by atoms with Crippen LogP contribution in [-0.2, 0) is 9.63 Å². The third-order valence-electron chi connectivity index (χ3n) is 3.86. The molecule has 2 aromatic carbocycles. The summed E-state index contributed by atoms with van der Waals surface area (Å²) in [5.41, 5.74) is 0.970. The van der Waals surface area contributed by atoms with Gasteiger partial charge in [-0.2, -0.15) is 0 Å². The van der Waals surface area contributed by atoms with E-state index < -0.39 is 35.7 Å². The molecule has 152 valence electrons. The Balaban J connectivity index is 1.69. The molecule has 1 atom stereocenters. The largest absolute Gasteiger partial charge is 0.487 e. The molecule has 1 unspecified atom stereocenters. The fourth-order valence-electron chi connectivity index (χ4n) is 2.58. The van der Waals surface area contributed by atoms with Crippen molar-refractivity contribution in [3.63, 3.8) is 0 Å². The zero-order valence-corrected chi connectivity index (χ0v) is 16.3. The van der Waals surface area contributed by atoms with Gasteiger partial charge in [0, 0.05) is 28.6 Å². The van der Waals surface area contributed by atoms with E-state index in [4.69, 9.17) is 9.57 Å². The number of non-ortho nitro benzene ring substituents is 1. The number of rotatable bonds is 7. The minimum absolute atomic E-state index is 0.0213. The van der Waals surface area contributed by atoms with Crippen LogP contribution in [0.2, 0.25) is 0 Å². The zero-order valence-electron chi connectivity index (χ0n) is 14.7. The topological polar surface area (TPSA) is 103 Å². The van der Waals surface area contributed by atoms with E-state index in [9.17, 15) is 23.7 Å². The van der Waals surface area contributed by atoms with Crippen molar-refractivity contribution >= 4 is 38.9 Å². The van der Waals surface area contributed by atoms with Crippen molar-refractivity contribution in [2.45, 2.75) is 19.0 Å². The molecule has 1 N–H and O–H groups in total. The third kappa shape index (κ3) is 5.47. The van der Waals surface area contributed by atoms with Crippen molar-refractivity contribution in [1.29, 1.82) is 0 Å². The molecule has 0 radical (unpaired) electrons. The highest BCUT2D eigenvalue weighted by Gasteiger charge is 2.29. The standard InChI is InChI=1S/C18H14BrF2N3O5/c19-11-3-1-2-10(4-11)15-8-16(29-23-15)18(25)22-12-5-13(24(26)27)7-14(6-12)28-9-17(20)21/h1-7,16-17H,8-9H2,(H,22,25). The molecule has 0 aromatic heterocycles. The maximum atomic E-state index is 12.5. The molecule has 0 spiro atoms. The molecule has 0 aliphatic carbocycles. The van der Waals surface area contributed by atoms with Crippen LogP contribution in [0, 0.1) is 10.1 Å². The third-order valence-corrected chi connectivity index (χ3v) is 4.36. The Morgan fingerprint density at radius 3 is 2.86 bits per heavy atom. The second-order valence-electron chi connectivity index (χ2n) is 6.01. The number of benzene rings is 2. The van der Waals surface area contributed by atoms with Gasteiger partial charge >= 0.3 is 0 Å². The first-order valence-electron chi connectivity index (χ1n) is 8.32. The van der Waals surface area contributed by atoms with Gasteiger partial charge in [-0.1, -0.05) is 33.2 Å². The minimum atomic E-state index is -2.74. The number of hydrogen-bond donors (Lipinski definition) is 1. The van der Waals surface area contributed by atoms with Gasteiger partial charge in [-0.05, 0) is 12.1 Å². The van der Waals surface area contributed by atoms with Crippen LogP contribution >= 0.6 is 15.9 Å². The van der Waals surface area contributed by atoms with Crippen LogP contribution < -0.4 is 10.1 Å². The normalized spacial score (nSPS) is 15.6. The minimum Gasteiger partial charge on any atom is -0.487 e. The van der Waals surface area contributed by atoms with Gasteiger partial charge in [-0.25, -0.2) is 8.78 Å². The van der Waals surface area contributed by atoms with Crippen molar-refractivity contribution in [3.8, 4) is 5.75 Å². The number of amides is 1. The van der Waals surface area contributed by atoms with Gasteiger partial charge in [0.25, 0.3) is 18.0 Å². The first-order valence-corrected chi connectivity index (χ1v) is 9.11. The molecule has 0 fully saturated rings. The molecule has 0 saturated heterocycles. The summed E-state index contributed by atoms with van der Waals surface area (Å²) in [5, 5.41) is 17.4. The van der Waals surface area contributed by atoms with E-state index in [1.807, 2.05) is 24.3 Å². The number of nitrogens with zero attached hydrogens (tertiary/aromatic N) is 2. The second-order valence-corrected chi connectivity index (χ2v) is 6.93. The van der Waals surface area contributed by atoms with E-state index in [2.05, 4.69) is 26.4 Å². The molecule has 11 heteroatoms. The van der Waals surface area contributed by atoms with Crippen molar-refractivity contribution in [2.24, 2.45) is 5.16 Å². The van der Waals surface area contributed by atoms with Crippen LogP contribution in [-0.4, -0.2) is 35.7 Å². The number of anilines is 1. The van der Waals surface area contributed by atoms with Crippen LogP contribution in [0.25, 0.3) is 0 Å². The summed E-state index contributed by atoms with van der Waals surface area (Å²) in [6.07, 6.45) is -3.48. The quantitative estimate of drug-likeness (QED) is 0.484. The Bertz CT molecular complexity index is 970. The molecule has 2 aromatic rings. The number of hydrogen-bond acceptors (Lipinski definition) is 6. The lowest BCUT2D eigenvalue weighted by atomic mass is 10.0. The van der Waals surface area contributed by atoms with Gasteiger partial charge in [0.1, 0.15) is 12.4 Å². The predicted molar refractivity (Wildman–Crippen MR) is 103 cm³/mol. The van der Waals surface area contributed by atoms with E-state index in [-0.39, 0.29) is 17.9 Å². The average Bonchev–Trinajstić information content (AvgIpc) is 3.16. The monoisotopic (exact) mass is 469 g/mol. The van der Waals surface area contributed by atoms with Crippen LogP contribution in [0.5, 0.6) is 5.75 Å². The number of carbonyl (C=O) groups is 1. The maximum Gasteiger partial charge on any atom is 0.275 e. The highest BCUT2D eigenvalue weighted by Crippen LogP contribution is 2.27. The lowest BCUT2D eigenvalue weighted by Gasteiger charge is -2.11. The Kier molecular flexibility index (Phi) is 6.37. The lowest BCUT2D eigenvalue weighted by molar-refractivity contribution is -0.384. The fourth-order valence-corrected chi connectivity index (χ4v) is 2.98. The van der Waals surface area contributed by atoms with Gasteiger partial charge < -0.3 is 14.9 Å². The highest BCUT2D eigenvalue weighted by molar-refractivity contribution is 9.10. The maximum absolute atomic E-state index is 12.5. The summed E-state index contributed by atoms with van der Waals surface area (Å²) in [6.45, 7) is -0.926. The number of ether oxygens (including phenoxy) is 1. The Hall–Kier alpha value is -3.08. The molecule has 8 nitrogen and oxygen atoms in total. The summed E-state index contributed by atoms with van der Waals surface area (Å²) in [6, 6.07) is 10.6. The van der Waals surface area contributed by atoms with Gasteiger partial charge in [-0.15, -0.1) is 0 Å². The van der Waals surface area contributed by atoms with Gasteiger partial charge in [0.05, 0.1) is 22.4 Å². The number of nitro groups is 1. The Labute approximate surface area is 171 Å². The van der Waals surface area contributed by atoms with E-state index in [1.54, 1.807) is 0 Å². The summed E-state index contributed by atoms with van der Waals surface area (Å²) < 4.78 is 30.3. The first-order chi connectivity index (χ1) is 13.8. The summed E-state index contributed by atoms with van der Waals surface area (Å²) in [7, 11) is 0. The first kappa shape index (κ1) is 20.6. The number of nitro benzene ring substituents is 1. The van der Waals surface area contributed by atoms with Crippen molar-refractivity contribution in [1.82, 2.24) is 0 Å². The highest BCUT2D eigenvalue weighted by atomic mass is 79.9. The summed E-state index contributed by atoms with van der Waals surface area (Å²) in [5.74, 6) is -0.743. The number of halogens is 3. The number of carbonyl (C=O) groups excluding carboxylic acids is 1. The summed E-state index contributed by atoms with van der Waals surface area (Å²) in [4.78, 5) is 28.0. The second kappa shape index (κ2) is 8.95. The van der Waals surface area contributed by atoms with Crippen molar-refractivity contribution < 1.29 is 28.1 Å². The zero-order chi connectivity index (χ0) is 21.0. The van der Waals surface area contributed by atoms with Crippen molar-refractivity contribution in [3.05, 3.63) is 62.6 Å². The van der Waals surface area contributed by atoms with Crippen LogP contribution in [0.1, 0.15) is 12.0 Å². The predicted octanol–water partition coefficient (Wildman–Crippen LogP) is 4.13. The number of alkyl halides is 2.